The van der Waals surface area contributed by atoms with E-state index in [0.29, 0.717) is 6.04 Å². The molecule has 110 valence electrons. The summed E-state index contributed by atoms with van der Waals surface area (Å²) in [6.45, 7) is 3.84. The molecule has 0 radical (unpaired) electrons. The lowest BCUT2D eigenvalue weighted by Gasteiger charge is -2.29. The predicted octanol–water partition coefficient (Wildman–Crippen LogP) is 2.86. The van der Waals surface area contributed by atoms with E-state index < -0.39 is 0 Å². The summed E-state index contributed by atoms with van der Waals surface area (Å²) in [5.74, 6) is 0. The summed E-state index contributed by atoms with van der Waals surface area (Å²) in [7, 11) is 0. The van der Waals surface area contributed by atoms with Gasteiger partial charge in [0.05, 0.1) is 11.0 Å². The van der Waals surface area contributed by atoms with Crippen LogP contribution in [-0.2, 0) is 0 Å². The number of hydrogen-bond donors (Lipinski definition) is 2. The Morgan fingerprint density at radius 3 is 2.60 bits per heavy atom. The van der Waals surface area contributed by atoms with Gasteiger partial charge in [0.1, 0.15) is 0 Å². The summed E-state index contributed by atoms with van der Waals surface area (Å²) in [6, 6.07) is 5.69. The van der Waals surface area contributed by atoms with Crippen LogP contribution >= 0.6 is 0 Å². The van der Waals surface area contributed by atoms with Crippen LogP contribution in [-0.4, -0.2) is 22.2 Å². The van der Waals surface area contributed by atoms with Crippen molar-refractivity contribution < 1.29 is 10.0 Å². The molecule has 1 saturated carbocycles. The number of benzene rings is 1. The van der Waals surface area contributed by atoms with Crippen molar-refractivity contribution in [3.8, 4) is 0 Å². The van der Waals surface area contributed by atoms with Gasteiger partial charge in [-0.2, -0.15) is 0 Å². The monoisotopic (exact) mass is 278 g/mol. The number of nitrogens with zero attached hydrogens (tertiary/aromatic N) is 1. The van der Waals surface area contributed by atoms with Crippen LogP contribution in [0.15, 0.2) is 18.2 Å². The fourth-order valence-electron chi connectivity index (χ4n) is 2.99. The van der Waals surface area contributed by atoms with Crippen LogP contribution in [0.5, 0.6) is 0 Å². The Hall–Kier alpha value is -1.46. The summed E-state index contributed by atoms with van der Waals surface area (Å²) in [6.07, 6.45) is 3.41. The molecule has 1 aromatic rings. The minimum atomic E-state index is -0.331. The van der Waals surface area contributed by atoms with E-state index in [4.69, 9.17) is 0 Å². The van der Waals surface area contributed by atoms with Crippen molar-refractivity contribution in [1.82, 2.24) is 5.32 Å². The molecule has 0 bridgehead atoms. The van der Waals surface area contributed by atoms with Crippen LogP contribution in [0.4, 0.5) is 5.69 Å². The molecule has 0 spiro atoms. The molecule has 5 nitrogen and oxygen atoms in total. The lowest BCUT2D eigenvalue weighted by molar-refractivity contribution is -0.385. The third-order valence-corrected chi connectivity index (χ3v) is 4.19. The van der Waals surface area contributed by atoms with Crippen LogP contribution < -0.4 is 5.32 Å². The van der Waals surface area contributed by atoms with Crippen LogP contribution in [0.2, 0.25) is 0 Å². The summed E-state index contributed by atoms with van der Waals surface area (Å²) in [5, 5.41) is 24.0. The molecule has 0 saturated heterocycles. The fourth-order valence-corrected chi connectivity index (χ4v) is 2.99. The van der Waals surface area contributed by atoms with E-state index in [1.807, 2.05) is 13.0 Å². The minimum Gasteiger partial charge on any atom is -0.393 e. The Labute approximate surface area is 119 Å². The zero-order valence-corrected chi connectivity index (χ0v) is 12.0. The maximum absolute atomic E-state index is 11.0. The molecule has 20 heavy (non-hydrogen) atoms. The number of aliphatic hydroxyl groups is 1. The molecule has 1 atom stereocenters. The molecule has 1 aliphatic carbocycles. The van der Waals surface area contributed by atoms with Crippen molar-refractivity contribution >= 4 is 5.69 Å². The van der Waals surface area contributed by atoms with Gasteiger partial charge in [-0.15, -0.1) is 0 Å². The highest BCUT2D eigenvalue weighted by Crippen LogP contribution is 2.27. The molecule has 2 rings (SSSR count). The Kier molecular flexibility index (Phi) is 4.73. The van der Waals surface area contributed by atoms with E-state index in [-0.39, 0.29) is 22.8 Å². The van der Waals surface area contributed by atoms with Crippen molar-refractivity contribution in [1.29, 1.82) is 0 Å². The summed E-state index contributed by atoms with van der Waals surface area (Å²) in [5.41, 5.74) is 1.88. The highest BCUT2D eigenvalue weighted by atomic mass is 16.6. The van der Waals surface area contributed by atoms with Crippen LogP contribution in [0.3, 0.4) is 0 Å². The molecular weight excluding hydrogens is 256 g/mol. The topological polar surface area (TPSA) is 75.4 Å². The molecule has 1 unspecified atom stereocenters. The maximum Gasteiger partial charge on any atom is 0.272 e. The third kappa shape index (κ3) is 3.35. The molecule has 1 aliphatic rings. The van der Waals surface area contributed by atoms with Crippen LogP contribution in [0.1, 0.15) is 49.8 Å². The first-order chi connectivity index (χ1) is 9.49. The van der Waals surface area contributed by atoms with Crippen molar-refractivity contribution in [3.63, 3.8) is 0 Å². The van der Waals surface area contributed by atoms with E-state index in [2.05, 4.69) is 5.32 Å². The van der Waals surface area contributed by atoms with Gasteiger partial charge < -0.3 is 10.4 Å². The van der Waals surface area contributed by atoms with Gasteiger partial charge >= 0.3 is 0 Å². The lowest BCUT2D eigenvalue weighted by atomic mass is 9.91. The fraction of sp³-hybridized carbons (Fsp3) is 0.600. The highest BCUT2D eigenvalue weighted by Gasteiger charge is 2.23. The Morgan fingerprint density at radius 2 is 2.00 bits per heavy atom. The standard InChI is InChI=1S/C15H22N2O3/c1-10-14(4-3-5-15(10)17(19)20)11(2)16-12-6-8-13(18)9-7-12/h3-5,11-13,16,18H,6-9H2,1-2H3. The average molecular weight is 278 g/mol. The second-order valence-corrected chi connectivity index (χ2v) is 5.64. The number of aliphatic hydroxyl groups excluding tert-OH is 1. The first kappa shape index (κ1) is 14.9. The average Bonchev–Trinajstić information content (AvgIpc) is 2.41. The molecule has 1 aromatic carbocycles. The van der Waals surface area contributed by atoms with Gasteiger partial charge in [0.25, 0.3) is 5.69 Å². The van der Waals surface area contributed by atoms with Crippen molar-refractivity contribution in [2.45, 2.75) is 57.7 Å². The predicted molar refractivity (Wildman–Crippen MR) is 77.6 cm³/mol. The summed E-state index contributed by atoms with van der Waals surface area (Å²) < 4.78 is 0. The number of rotatable bonds is 4. The molecule has 0 amide bonds. The largest absolute Gasteiger partial charge is 0.393 e. The van der Waals surface area contributed by atoms with Gasteiger partial charge in [0.2, 0.25) is 0 Å². The quantitative estimate of drug-likeness (QED) is 0.656. The van der Waals surface area contributed by atoms with Crippen molar-refractivity contribution in [2.75, 3.05) is 0 Å². The van der Waals surface area contributed by atoms with Gasteiger partial charge in [0, 0.05) is 23.7 Å². The van der Waals surface area contributed by atoms with Gasteiger partial charge in [-0.05, 0) is 45.1 Å². The molecule has 0 aliphatic heterocycles. The minimum absolute atomic E-state index is 0.0788. The highest BCUT2D eigenvalue weighted by molar-refractivity contribution is 5.45. The van der Waals surface area contributed by atoms with Gasteiger partial charge in [0.15, 0.2) is 0 Å². The Morgan fingerprint density at radius 1 is 1.35 bits per heavy atom. The van der Waals surface area contributed by atoms with Gasteiger partial charge in [-0.1, -0.05) is 12.1 Å². The smallest absolute Gasteiger partial charge is 0.272 e. The molecule has 1 fully saturated rings. The van der Waals surface area contributed by atoms with Crippen LogP contribution in [0, 0.1) is 17.0 Å². The number of nitro benzene ring substituents is 1. The van der Waals surface area contributed by atoms with E-state index in [1.165, 1.54) is 0 Å². The van der Waals surface area contributed by atoms with E-state index in [9.17, 15) is 15.2 Å². The summed E-state index contributed by atoms with van der Waals surface area (Å²) in [4.78, 5) is 10.6. The Bertz CT molecular complexity index is 482. The third-order valence-electron chi connectivity index (χ3n) is 4.19. The molecule has 0 aromatic heterocycles. The summed E-state index contributed by atoms with van der Waals surface area (Å²) >= 11 is 0. The van der Waals surface area contributed by atoms with E-state index in [0.717, 1.165) is 36.8 Å². The molecule has 2 N–H and O–H groups in total. The van der Waals surface area contributed by atoms with Crippen LogP contribution in [0.25, 0.3) is 0 Å². The van der Waals surface area contributed by atoms with Crippen molar-refractivity contribution in [2.24, 2.45) is 0 Å². The lowest BCUT2D eigenvalue weighted by Crippen LogP contribution is -2.36. The van der Waals surface area contributed by atoms with E-state index >= 15 is 0 Å². The Balaban J connectivity index is 2.07. The zero-order chi connectivity index (χ0) is 14.7. The van der Waals surface area contributed by atoms with Gasteiger partial charge in [-0.3, -0.25) is 10.1 Å². The first-order valence-electron chi connectivity index (χ1n) is 7.17. The number of nitro groups is 1. The maximum atomic E-state index is 11.0. The zero-order valence-electron chi connectivity index (χ0n) is 12.0. The molecular formula is C15H22N2O3. The van der Waals surface area contributed by atoms with Crippen molar-refractivity contribution in [3.05, 3.63) is 39.4 Å². The normalized spacial score (nSPS) is 24.4. The molecule has 5 heteroatoms. The number of hydrogen-bond acceptors (Lipinski definition) is 4. The molecule has 0 heterocycles. The number of nitrogens with one attached hydrogen (secondary N) is 1. The second kappa shape index (κ2) is 6.33. The second-order valence-electron chi connectivity index (χ2n) is 5.64. The van der Waals surface area contributed by atoms with E-state index in [1.54, 1.807) is 19.1 Å². The first-order valence-corrected chi connectivity index (χ1v) is 7.17. The van der Waals surface area contributed by atoms with Gasteiger partial charge in [-0.25, -0.2) is 0 Å². The SMILES string of the molecule is Cc1c(C(C)NC2CCC(O)CC2)cccc1[N+](=O)[O-].